The normalized spacial score (nSPS) is 11.6. The SMILES string of the molecule is CCCc1ncc(Cc2ccc3cccc(OC(C)(C)C=O)c3n2)c2cc(OC)c(OC)cc12. The fraction of sp³-hybridized carbons (Fsp3) is 0.321. The highest BCUT2D eigenvalue weighted by Crippen LogP contribution is 2.36. The Morgan fingerprint density at radius 3 is 2.38 bits per heavy atom. The van der Waals surface area contributed by atoms with E-state index in [2.05, 4.69) is 6.92 Å². The highest BCUT2D eigenvalue weighted by atomic mass is 16.5. The number of aryl methyl sites for hydroxylation is 1. The van der Waals surface area contributed by atoms with Crippen LogP contribution in [0.25, 0.3) is 21.7 Å². The summed E-state index contributed by atoms with van der Waals surface area (Å²) >= 11 is 0. The van der Waals surface area contributed by atoms with Crippen LogP contribution in [-0.2, 0) is 17.6 Å². The van der Waals surface area contributed by atoms with Crippen LogP contribution in [0.4, 0.5) is 0 Å². The average Bonchev–Trinajstić information content (AvgIpc) is 2.85. The number of rotatable bonds is 9. The minimum Gasteiger partial charge on any atom is -0.493 e. The van der Waals surface area contributed by atoms with Gasteiger partial charge in [-0.3, -0.25) is 9.78 Å². The number of methoxy groups -OCH3 is 2. The first-order chi connectivity index (χ1) is 16.4. The fourth-order valence-corrected chi connectivity index (χ4v) is 4.10. The highest BCUT2D eigenvalue weighted by molar-refractivity contribution is 5.91. The van der Waals surface area contributed by atoms with Gasteiger partial charge >= 0.3 is 0 Å². The van der Waals surface area contributed by atoms with E-state index >= 15 is 0 Å². The third-order valence-electron chi connectivity index (χ3n) is 5.81. The lowest BCUT2D eigenvalue weighted by Gasteiger charge is -2.20. The van der Waals surface area contributed by atoms with Crippen LogP contribution in [0.15, 0.2) is 48.7 Å². The molecule has 4 aromatic rings. The van der Waals surface area contributed by atoms with Crippen LogP contribution >= 0.6 is 0 Å². The summed E-state index contributed by atoms with van der Waals surface area (Å²) in [4.78, 5) is 21.1. The molecule has 0 fully saturated rings. The lowest BCUT2D eigenvalue weighted by Crippen LogP contribution is -2.29. The van der Waals surface area contributed by atoms with Gasteiger partial charge in [-0.2, -0.15) is 0 Å². The highest BCUT2D eigenvalue weighted by Gasteiger charge is 2.20. The zero-order valence-corrected chi connectivity index (χ0v) is 20.3. The molecule has 0 saturated heterocycles. The number of aldehydes is 1. The van der Waals surface area contributed by atoms with E-state index in [1.54, 1.807) is 28.1 Å². The molecule has 34 heavy (non-hydrogen) atoms. The molecule has 0 bridgehead atoms. The van der Waals surface area contributed by atoms with Gasteiger partial charge < -0.3 is 14.2 Å². The van der Waals surface area contributed by atoms with E-state index in [0.29, 0.717) is 23.7 Å². The number of aromatic nitrogens is 2. The lowest BCUT2D eigenvalue weighted by atomic mass is 9.99. The van der Waals surface area contributed by atoms with Crippen LogP contribution in [0, 0.1) is 0 Å². The van der Waals surface area contributed by atoms with Crippen molar-refractivity contribution in [2.45, 2.75) is 45.6 Å². The Morgan fingerprint density at radius 1 is 0.971 bits per heavy atom. The quantitative estimate of drug-likeness (QED) is 0.300. The van der Waals surface area contributed by atoms with Gasteiger partial charge in [0.15, 0.2) is 23.4 Å². The molecule has 0 amide bonds. The van der Waals surface area contributed by atoms with Crippen LogP contribution in [0.1, 0.15) is 44.1 Å². The smallest absolute Gasteiger partial charge is 0.162 e. The average molecular weight is 459 g/mol. The standard InChI is InChI=1S/C28H30N2O4/c1-6-8-23-22-15-26(33-5)25(32-4)14-21(22)19(16-29-23)13-20-12-11-18-9-7-10-24(27(18)30-20)34-28(2,3)17-31/h7,9-12,14-17H,6,8,13H2,1-5H3. The number of fused-ring (bicyclic) bond motifs is 2. The maximum absolute atomic E-state index is 11.4. The van der Waals surface area contributed by atoms with Gasteiger partial charge in [0.05, 0.1) is 14.2 Å². The Balaban J connectivity index is 1.81. The lowest BCUT2D eigenvalue weighted by molar-refractivity contribution is -0.118. The number of carbonyl (C=O) groups excluding carboxylic acids is 1. The van der Waals surface area contributed by atoms with Crippen molar-refractivity contribution in [3.63, 3.8) is 0 Å². The number of nitrogens with zero attached hydrogens (tertiary/aromatic N) is 2. The molecule has 0 N–H and O–H groups in total. The van der Waals surface area contributed by atoms with Crippen molar-refractivity contribution in [2.75, 3.05) is 14.2 Å². The van der Waals surface area contributed by atoms with Gasteiger partial charge in [-0.05, 0) is 55.5 Å². The number of benzene rings is 2. The largest absolute Gasteiger partial charge is 0.493 e. The Morgan fingerprint density at radius 2 is 1.71 bits per heavy atom. The van der Waals surface area contributed by atoms with Gasteiger partial charge in [-0.25, -0.2) is 4.98 Å². The fourth-order valence-electron chi connectivity index (χ4n) is 4.10. The first-order valence-electron chi connectivity index (χ1n) is 11.5. The summed E-state index contributed by atoms with van der Waals surface area (Å²) in [6, 6.07) is 13.8. The number of carbonyl (C=O) groups is 1. The molecule has 0 radical (unpaired) electrons. The van der Waals surface area contributed by atoms with Crippen molar-refractivity contribution >= 4 is 28.0 Å². The molecular formula is C28H30N2O4. The van der Waals surface area contributed by atoms with E-state index in [0.717, 1.165) is 57.8 Å². The molecule has 2 aromatic carbocycles. The summed E-state index contributed by atoms with van der Waals surface area (Å²) in [6.45, 7) is 5.62. The zero-order chi connectivity index (χ0) is 24.3. The molecule has 0 atom stereocenters. The Hall–Kier alpha value is -3.67. The maximum atomic E-state index is 11.4. The molecule has 0 aliphatic rings. The molecule has 4 rings (SSSR count). The van der Waals surface area contributed by atoms with Gasteiger partial charge in [0.1, 0.15) is 11.3 Å². The monoisotopic (exact) mass is 458 g/mol. The van der Waals surface area contributed by atoms with Gasteiger partial charge in [-0.15, -0.1) is 0 Å². The van der Waals surface area contributed by atoms with E-state index in [9.17, 15) is 4.79 Å². The number of pyridine rings is 2. The van der Waals surface area contributed by atoms with Crippen molar-refractivity contribution in [2.24, 2.45) is 0 Å². The molecule has 6 nitrogen and oxygen atoms in total. The molecule has 176 valence electrons. The van der Waals surface area contributed by atoms with Crippen molar-refractivity contribution < 1.29 is 19.0 Å². The Kier molecular flexibility index (Phi) is 6.68. The van der Waals surface area contributed by atoms with Crippen LogP contribution in [0.2, 0.25) is 0 Å². The van der Waals surface area contributed by atoms with Gasteiger partial charge in [0.2, 0.25) is 0 Å². The van der Waals surface area contributed by atoms with Crippen LogP contribution in [-0.4, -0.2) is 36.1 Å². The maximum Gasteiger partial charge on any atom is 0.162 e. The minimum absolute atomic E-state index is 0.587. The summed E-state index contributed by atoms with van der Waals surface area (Å²) in [5.74, 6) is 1.96. The Bertz CT molecular complexity index is 1350. The molecule has 0 unspecified atom stereocenters. The van der Waals surface area contributed by atoms with Crippen molar-refractivity contribution in [3.05, 3.63) is 65.6 Å². The summed E-state index contributed by atoms with van der Waals surface area (Å²) in [5, 5.41) is 3.09. The van der Waals surface area contributed by atoms with Gasteiger partial charge in [0, 0.05) is 34.8 Å². The zero-order valence-electron chi connectivity index (χ0n) is 20.3. The number of hydrogen-bond acceptors (Lipinski definition) is 6. The van der Waals surface area contributed by atoms with Crippen molar-refractivity contribution in [3.8, 4) is 17.2 Å². The second-order valence-corrected chi connectivity index (χ2v) is 8.86. The summed E-state index contributed by atoms with van der Waals surface area (Å²) < 4.78 is 17.1. The summed E-state index contributed by atoms with van der Waals surface area (Å²) in [6.07, 6.45) is 5.21. The molecule has 0 saturated carbocycles. The van der Waals surface area contributed by atoms with E-state index < -0.39 is 5.60 Å². The Labute approximate surface area is 199 Å². The van der Waals surface area contributed by atoms with Crippen molar-refractivity contribution in [1.29, 1.82) is 0 Å². The topological polar surface area (TPSA) is 70.5 Å². The van der Waals surface area contributed by atoms with E-state index in [-0.39, 0.29) is 0 Å². The van der Waals surface area contributed by atoms with E-state index in [4.69, 9.17) is 24.2 Å². The molecule has 0 aliphatic carbocycles. The predicted molar refractivity (Wildman–Crippen MR) is 134 cm³/mol. The van der Waals surface area contributed by atoms with E-state index in [1.807, 2.05) is 48.7 Å². The summed E-state index contributed by atoms with van der Waals surface area (Å²) in [7, 11) is 3.29. The second kappa shape index (κ2) is 9.67. The number of ether oxygens (including phenoxy) is 3. The first kappa shape index (κ1) is 23.5. The van der Waals surface area contributed by atoms with Gasteiger partial charge in [-0.1, -0.05) is 31.5 Å². The molecule has 0 aliphatic heterocycles. The van der Waals surface area contributed by atoms with E-state index in [1.165, 1.54) is 0 Å². The predicted octanol–water partition coefficient (Wildman–Crippen LogP) is 5.70. The van der Waals surface area contributed by atoms with Gasteiger partial charge in [0.25, 0.3) is 0 Å². The second-order valence-electron chi connectivity index (χ2n) is 8.86. The molecule has 6 heteroatoms. The minimum atomic E-state index is -0.934. The first-order valence-corrected chi connectivity index (χ1v) is 11.5. The number of para-hydroxylation sites is 1. The molecule has 2 aromatic heterocycles. The molecule has 2 heterocycles. The molecule has 0 spiro atoms. The number of hydrogen-bond donors (Lipinski definition) is 0. The summed E-state index contributed by atoms with van der Waals surface area (Å²) in [5.41, 5.74) is 2.77. The van der Waals surface area contributed by atoms with Crippen LogP contribution < -0.4 is 14.2 Å². The van der Waals surface area contributed by atoms with Crippen LogP contribution in [0.3, 0.4) is 0 Å². The van der Waals surface area contributed by atoms with Crippen molar-refractivity contribution in [1.82, 2.24) is 9.97 Å². The third kappa shape index (κ3) is 4.67. The molecular weight excluding hydrogens is 428 g/mol. The van der Waals surface area contributed by atoms with Crippen LogP contribution in [0.5, 0.6) is 17.2 Å². The third-order valence-corrected chi connectivity index (χ3v) is 5.81.